The third-order valence-corrected chi connectivity index (χ3v) is 15.9. The lowest BCUT2D eigenvalue weighted by molar-refractivity contribution is -0.167. The first kappa shape index (κ1) is 78.8. The molecule has 0 aromatic carbocycles. The topological polar surface area (TPSA) is 78.9 Å². The van der Waals surface area contributed by atoms with Crippen LogP contribution in [-0.2, 0) is 28.6 Å². The molecule has 0 radical (unpaired) electrons. The highest BCUT2D eigenvalue weighted by Crippen LogP contribution is 2.18. The summed E-state index contributed by atoms with van der Waals surface area (Å²) in [6, 6.07) is 0. The number of rotatable bonds is 66. The Labute approximate surface area is 510 Å². The van der Waals surface area contributed by atoms with Crippen LogP contribution in [0, 0.1) is 0 Å². The number of hydrogen-bond acceptors (Lipinski definition) is 6. The van der Waals surface area contributed by atoms with Crippen molar-refractivity contribution in [3.8, 4) is 0 Å². The predicted octanol–water partition coefficient (Wildman–Crippen LogP) is 24.8. The first-order valence-electron chi connectivity index (χ1n) is 35.9. The normalized spacial score (nSPS) is 12.5. The van der Waals surface area contributed by atoms with Crippen LogP contribution in [0.3, 0.4) is 0 Å². The van der Waals surface area contributed by atoms with Gasteiger partial charge in [0.15, 0.2) is 6.10 Å². The number of carbonyl (C=O) groups is 3. The summed E-state index contributed by atoms with van der Waals surface area (Å²) in [7, 11) is 0. The maximum absolute atomic E-state index is 12.9. The number of ether oxygens (including phenoxy) is 3. The Hall–Kier alpha value is -3.15. The van der Waals surface area contributed by atoms with E-state index in [0.29, 0.717) is 19.3 Å². The van der Waals surface area contributed by atoms with E-state index in [1.54, 1.807) is 0 Å². The van der Waals surface area contributed by atoms with Crippen molar-refractivity contribution in [2.75, 3.05) is 13.2 Å². The van der Waals surface area contributed by atoms with Crippen LogP contribution in [0.25, 0.3) is 0 Å². The number of allylic oxidation sites excluding steroid dienone is 12. The highest BCUT2D eigenvalue weighted by atomic mass is 16.6. The summed E-state index contributed by atoms with van der Waals surface area (Å²) in [6.45, 7) is 6.56. The molecule has 0 aliphatic heterocycles. The Bertz CT molecular complexity index is 1500. The molecular formula is C76H136O6. The van der Waals surface area contributed by atoms with Gasteiger partial charge in [0.25, 0.3) is 0 Å². The Morgan fingerprint density at radius 2 is 0.476 bits per heavy atom. The van der Waals surface area contributed by atoms with Crippen LogP contribution in [0.1, 0.15) is 374 Å². The van der Waals surface area contributed by atoms with Crippen molar-refractivity contribution in [2.24, 2.45) is 0 Å². The van der Waals surface area contributed by atoms with E-state index < -0.39 is 6.10 Å². The van der Waals surface area contributed by atoms with Crippen molar-refractivity contribution >= 4 is 17.9 Å². The van der Waals surface area contributed by atoms with Gasteiger partial charge in [0.2, 0.25) is 0 Å². The maximum atomic E-state index is 12.9. The molecule has 1 atom stereocenters. The Morgan fingerprint density at radius 3 is 0.756 bits per heavy atom. The van der Waals surface area contributed by atoms with Gasteiger partial charge in [-0.3, -0.25) is 14.4 Å². The monoisotopic (exact) mass is 1150 g/mol. The van der Waals surface area contributed by atoms with Crippen LogP contribution < -0.4 is 0 Å². The van der Waals surface area contributed by atoms with E-state index in [1.165, 1.54) is 231 Å². The molecule has 0 aromatic heterocycles. The van der Waals surface area contributed by atoms with E-state index in [1.807, 2.05) is 0 Å². The van der Waals surface area contributed by atoms with Crippen molar-refractivity contribution < 1.29 is 28.6 Å². The van der Waals surface area contributed by atoms with Crippen molar-refractivity contribution in [1.82, 2.24) is 0 Å². The highest BCUT2D eigenvalue weighted by Gasteiger charge is 2.19. The molecule has 6 nitrogen and oxygen atoms in total. The van der Waals surface area contributed by atoms with Crippen LogP contribution in [0.2, 0.25) is 0 Å². The summed E-state index contributed by atoms with van der Waals surface area (Å²) < 4.78 is 17.0. The van der Waals surface area contributed by atoms with E-state index in [4.69, 9.17) is 14.2 Å². The third-order valence-electron chi connectivity index (χ3n) is 15.9. The molecule has 0 rings (SSSR count). The molecule has 6 heteroatoms. The molecule has 0 amide bonds. The first-order valence-corrected chi connectivity index (χ1v) is 35.9. The van der Waals surface area contributed by atoms with E-state index in [0.717, 1.165) is 103 Å². The van der Waals surface area contributed by atoms with E-state index >= 15 is 0 Å². The summed E-state index contributed by atoms with van der Waals surface area (Å²) in [5.41, 5.74) is 0. The number of hydrogen-bond donors (Lipinski definition) is 0. The standard InChI is InChI=1S/C76H136O6/c1-4-7-10-13-16-19-22-25-28-31-32-33-34-35-36-37-38-39-40-41-42-43-44-46-48-51-54-57-60-63-66-69-75(78)81-72-73(71-80-74(77)68-65-62-59-56-53-50-47-30-27-24-21-18-15-12-9-6-3)82-76(79)70-67-64-61-58-55-52-49-45-29-26-23-20-17-14-11-8-5-2/h7,10,16,19,21,24-25,28,30,32-33,47,73H,4-6,8-9,11-15,17-18,20,22-23,26-27,29,31,34-46,48-72H2,1-3H3/b10-7-,19-16-,24-21-,28-25-,33-32-,47-30-. The van der Waals surface area contributed by atoms with Crippen LogP contribution >= 0.6 is 0 Å². The van der Waals surface area contributed by atoms with Gasteiger partial charge in [-0.15, -0.1) is 0 Å². The average molecular weight is 1150 g/mol. The summed E-state index contributed by atoms with van der Waals surface area (Å²) in [4.78, 5) is 38.4. The lowest BCUT2D eigenvalue weighted by atomic mass is 10.0. The van der Waals surface area contributed by atoms with Gasteiger partial charge in [-0.2, -0.15) is 0 Å². The zero-order valence-electron chi connectivity index (χ0n) is 54.8. The molecule has 0 saturated heterocycles. The van der Waals surface area contributed by atoms with Crippen LogP contribution in [0.4, 0.5) is 0 Å². The second-order valence-electron chi connectivity index (χ2n) is 24.1. The van der Waals surface area contributed by atoms with Gasteiger partial charge in [-0.05, 0) is 89.9 Å². The van der Waals surface area contributed by atoms with Crippen molar-refractivity contribution in [2.45, 2.75) is 380 Å². The fourth-order valence-electron chi connectivity index (χ4n) is 10.6. The van der Waals surface area contributed by atoms with Crippen LogP contribution in [-0.4, -0.2) is 37.2 Å². The molecule has 0 bridgehead atoms. The predicted molar refractivity (Wildman–Crippen MR) is 358 cm³/mol. The molecule has 0 saturated carbocycles. The first-order chi connectivity index (χ1) is 40.5. The molecule has 82 heavy (non-hydrogen) atoms. The van der Waals surface area contributed by atoms with Crippen LogP contribution in [0.5, 0.6) is 0 Å². The Morgan fingerprint density at radius 1 is 0.256 bits per heavy atom. The van der Waals surface area contributed by atoms with Crippen molar-refractivity contribution in [3.05, 3.63) is 72.9 Å². The fourth-order valence-corrected chi connectivity index (χ4v) is 10.6. The highest BCUT2D eigenvalue weighted by molar-refractivity contribution is 5.71. The largest absolute Gasteiger partial charge is 0.462 e. The lowest BCUT2D eigenvalue weighted by Gasteiger charge is -2.18. The van der Waals surface area contributed by atoms with E-state index in [-0.39, 0.29) is 31.1 Å². The summed E-state index contributed by atoms with van der Waals surface area (Å²) in [5.74, 6) is -0.863. The quantitative estimate of drug-likeness (QED) is 0.0261. The Balaban J connectivity index is 4.21. The summed E-state index contributed by atoms with van der Waals surface area (Å²) >= 11 is 0. The molecule has 0 fully saturated rings. The second-order valence-corrected chi connectivity index (χ2v) is 24.1. The molecule has 476 valence electrons. The molecule has 0 aromatic rings. The lowest BCUT2D eigenvalue weighted by Crippen LogP contribution is -2.30. The number of carbonyl (C=O) groups excluding carboxylic acids is 3. The average Bonchev–Trinajstić information content (AvgIpc) is 3.48. The van der Waals surface area contributed by atoms with Gasteiger partial charge >= 0.3 is 17.9 Å². The molecule has 1 unspecified atom stereocenters. The minimum absolute atomic E-state index is 0.0741. The minimum Gasteiger partial charge on any atom is -0.462 e. The number of unbranched alkanes of at least 4 members (excludes halogenated alkanes) is 43. The molecule has 0 aliphatic rings. The van der Waals surface area contributed by atoms with Gasteiger partial charge in [0.05, 0.1) is 0 Å². The smallest absolute Gasteiger partial charge is 0.306 e. The van der Waals surface area contributed by atoms with E-state index in [2.05, 4.69) is 93.7 Å². The fraction of sp³-hybridized carbons (Fsp3) is 0.803. The van der Waals surface area contributed by atoms with Gasteiger partial charge in [-0.1, -0.05) is 338 Å². The molecule has 0 aliphatic carbocycles. The van der Waals surface area contributed by atoms with E-state index in [9.17, 15) is 14.4 Å². The summed E-state index contributed by atoms with van der Waals surface area (Å²) in [5, 5.41) is 0. The molecule has 0 spiro atoms. The van der Waals surface area contributed by atoms with Crippen molar-refractivity contribution in [3.63, 3.8) is 0 Å². The second kappa shape index (κ2) is 70.3. The minimum atomic E-state index is -0.779. The zero-order valence-corrected chi connectivity index (χ0v) is 54.8. The van der Waals surface area contributed by atoms with Crippen molar-refractivity contribution in [1.29, 1.82) is 0 Å². The van der Waals surface area contributed by atoms with Gasteiger partial charge < -0.3 is 14.2 Å². The van der Waals surface area contributed by atoms with Gasteiger partial charge in [-0.25, -0.2) is 0 Å². The third kappa shape index (κ3) is 67.6. The van der Waals surface area contributed by atoms with Gasteiger partial charge in [0, 0.05) is 19.3 Å². The maximum Gasteiger partial charge on any atom is 0.306 e. The molecular weight excluding hydrogens is 1010 g/mol. The summed E-state index contributed by atoms with van der Waals surface area (Å²) in [6.07, 6.45) is 92.2. The number of esters is 3. The molecule has 0 heterocycles. The molecule has 0 N–H and O–H groups in total. The SMILES string of the molecule is CC/C=C\C/C=C\C/C=C\C/C=C\CCCCCCCCCCCCCCCCCCCCC(=O)OCC(COC(=O)CCCCCCC/C=C\C/C=C\CCCCCC)OC(=O)CCCCCCCCCCCCCCCCCCC. The Kier molecular flexibility index (Phi) is 67.6. The van der Waals surface area contributed by atoms with Crippen LogP contribution in [0.15, 0.2) is 72.9 Å². The van der Waals surface area contributed by atoms with Gasteiger partial charge in [0.1, 0.15) is 13.2 Å². The zero-order chi connectivity index (χ0) is 59.2.